The number of benzene rings is 1. The number of nitrogens with zero attached hydrogens (tertiary/aromatic N) is 4. The van der Waals surface area contributed by atoms with Crippen LogP contribution in [0, 0.1) is 6.92 Å². The third-order valence-electron chi connectivity index (χ3n) is 6.68. The quantitative estimate of drug-likeness (QED) is 0.320. The predicted molar refractivity (Wildman–Crippen MR) is 150 cm³/mol. The van der Waals surface area contributed by atoms with Gasteiger partial charge in [-0.3, -0.25) is 9.78 Å². The summed E-state index contributed by atoms with van der Waals surface area (Å²) in [6.07, 6.45) is 6.82. The SMILES string of the molecule is CCc1ccccc1NC(=O)CCN1C(=S)N[C@H](c2ccccn2)[C@H]1c1cccn1-c1ccc(C)cn1. The van der Waals surface area contributed by atoms with Crippen molar-refractivity contribution in [2.24, 2.45) is 0 Å². The Bertz CT molecular complexity index is 1390. The van der Waals surface area contributed by atoms with Gasteiger partial charge in [0.15, 0.2) is 5.11 Å². The largest absolute Gasteiger partial charge is 0.352 e. The maximum Gasteiger partial charge on any atom is 0.226 e. The van der Waals surface area contributed by atoms with E-state index in [0.29, 0.717) is 18.1 Å². The lowest BCUT2D eigenvalue weighted by atomic mass is 10.0. The van der Waals surface area contributed by atoms with Gasteiger partial charge in [0.05, 0.1) is 17.8 Å². The topological polar surface area (TPSA) is 75.1 Å². The van der Waals surface area contributed by atoms with Gasteiger partial charge >= 0.3 is 0 Å². The molecule has 5 rings (SSSR count). The van der Waals surface area contributed by atoms with Crippen molar-refractivity contribution in [1.82, 2.24) is 24.8 Å². The van der Waals surface area contributed by atoms with Crippen molar-refractivity contribution in [3.8, 4) is 5.82 Å². The lowest BCUT2D eigenvalue weighted by Gasteiger charge is -2.28. The molecule has 7 nitrogen and oxygen atoms in total. The molecule has 3 aromatic heterocycles. The average Bonchev–Trinajstić information content (AvgIpc) is 3.53. The first-order valence-electron chi connectivity index (χ1n) is 12.5. The van der Waals surface area contributed by atoms with Crippen LogP contribution in [0.4, 0.5) is 5.69 Å². The molecular weight excluding hydrogens is 480 g/mol. The van der Waals surface area contributed by atoms with E-state index < -0.39 is 0 Å². The number of carbonyl (C=O) groups excluding carboxylic acids is 1. The summed E-state index contributed by atoms with van der Waals surface area (Å²) in [5, 5.41) is 7.15. The highest BCUT2D eigenvalue weighted by molar-refractivity contribution is 7.80. The van der Waals surface area contributed by atoms with Crippen molar-refractivity contribution in [2.75, 3.05) is 11.9 Å². The number of thiocarbonyl (C=S) groups is 1. The Morgan fingerprint density at radius 1 is 1.05 bits per heavy atom. The van der Waals surface area contributed by atoms with Crippen molar-refractivity contribution in [2.45, 2.75) is 38.8 Å². The maximum absolute atomic E-state index is 13.0. The molecular formula is C29H30N6OS. The smallest absolute Gasteiger partial charge is 0.226 e. The molecule has 37 heavy (non-hydrogen) atoms. The van der Waals surface area contributed by atoms with E-state index in [-0.39, 0.29) is 18.0 Å². The minimum atomic E-state index is -0.170. The van der Waals surface area contributed by atoms with Crippen LogP contribution in [0.15, 0.2) is 85.3 Å². The van der Waals surface area contributed by atoms with Gasteiger partial charge in [-0.25, -0.2) is 4.98 Å². The van der Waals surface area contributed by atoms with Gasteiger partial charge < -0.3 is 20.1 Å². The second-order valence-corrected chi connectivity index (χ2v) is 9.51. The third-order valence-corrected chi connectivity index (χ3v) is 7.03. The van der Waals surface area contributed by atoms with Crippen LogP contribution in [-0.2, 0) is 11.2 Å². The predicted octanol–water partition coefficient (Wildman–Crippen LogP) is 5.14. The van der Waals surface area contributed by atoms with Gasteiger partial charge in [-0.2, -0.15) is 0 Å². The monoisotopic (exact) mass is 510 g/mol. The van der Waals surface area contributed by atoms with Crippen molar-refractivity contribution in [3.05, 3.63) is 108 Å². The highest BCUT2D eigenvalue weighted by atomic mass is 32.1. The van der Waals surface area contributed by atoms with Crippen LogP contribution in [0.25, 0.3) is 5.82 Å². The van der Waals surface area contributed by atoms with Crippen molar-refractivity contribution in [3.63, 3.8) is 0 Å². The molecule has 0 aliphatic carbocycles. The van der Waals surface area contributed by atoms with E-state index in [2.05, 4.69) is 49.1 Å². The normalized spacial score (nSPS) is 17.0. The molecule has 188 valence electrons. The van der Waals surface area contributed by atoms with Crippen LogP contribution < -0.4 is 10.6 Å². The summed E-state index contributed by atoms with van der Waals surface area (Å²) in [5.41, 5.74) is 4.99. The van der Waals surface area contributed by atoms with Crippen molar-refractivity contribution < 1.29 is 4.79 Å². The van der Waals surface area contributed by atoms with Crippen molar-refractivity contribution in [1.29, 1.82) is 0 Å². The molecule has 0 saturated carbocycles. The number of hydrogen-bond donors (Lipinski definition) is 2. The van der Waals surface area contributed by atoms with Gasteiger partial charge in [0, 0.05) is 42.9 Å². The first-order valence-corrected chi connectivity index (χ1v) is 12.9. The first-order chi connectivity index (χ1) is 18.0. The molecule has 2 atom stereocenters. The Hall–Kier alpha value is -4.04. The van der Waals surface area contributed by atoms with Gasteiger partial charge in [-0.05, 0) is 73.1 Å². The lowest BCUT2D eigenvalue weighted by Crippen LogP contribution is -2.33. The Morgan fingerprint density at radius 3 is 2.65 bits per heavy atom. The van der Waals surface area contributed by atoms with E-state index in [1.165, 1.54) is 0 Å². The molecule has 1 aliphatic heterocycles. The maximum atomic E-state index is 13.0. The molecule has 0 spiro atoms. The Morgan fingerprint density at radius 2 is 1.89 bits per heavy atom. The number of hydrogen-bond acceptors (Lipinski definition) is 4. The lowest BCUT2D eigenvalue weighted by molar-refractivity contribution is -0.116. The minimum absolute atomic E-state index is 0.0423. The van der Waals surface area contributed by atoms with Gasteiger partial charge in [-0.1, -0.05) is 37.3 Å². The van der Waals surface area contributed by atoms with E-state index in [9.17, 15) is 4.79 Å². The van der Waals surface area contributed by atoms with E-state index in [0.717, 1.165) is 40.4 Å². The zero-order valence-corrected chi connectivity index (χ0v) is 21.8. The van der Waals surface area contributed by atoms with Crippen molar-refractivity contribution >= 4 is 28.9 Å². The van der Waals surface area contributed by atoms with Crippen LogP contribution in [0.2, 0.25) is 0 Å². The van der Waals surface area contributed by atoms with Crippen LogP contribution in [0.1, 0.15) is 47.9 Å². The molecule has 0 bridgehead atoms. The summed E-state index contributed by atoms with van der Waals surface area (Å²) < 4.78 is 2.08. The molecule has 0 radical (unpaired) electrons. The fraction of sp³-hybridized carbons (Fsp3) is 0.241. The number of amides is 1. The number of pyridine rings is 2. The Balaban J connectivity index is 1.43. The molecule has 0 unspecified atom stereocenters. The standard InChI is InChI=1S/C29H30N6OS/c1-3-21-9-4-5-10-22(21)32-26(36)15-18-35-28(27(33-29(35)37)23-11-6-7-16-30-23)24-12-8-17-34(24)25-14-13-20(2)19-31-25/h4-14,16-17,19,27-28H,3,15,18H2,1-2H3,(H,32,36)(H,33,37)/t27-,28-/m1/s1. The second-order valence-electron chi connectivity index (χ2n) is 9.13. The van der Waals surface area contributed by atoms with Crippen LogP contribution in [0.3, 0.4) is 0 Å². The van der Waals surface area contributed by atoms with Gasteiger partial charge in [0.1, 0.15) is 5.82 Å². The van der Waals surface area contributed by atoms with Crippen LogP contribution in [-0.4, -0.2) is 37.0 Å². The summed E-state index contributed by atoms with van der Waals surface area (Å²) in [4.78, 5) is 24.3. The molecule has 1 fully saturated rings. The summed E-state index contributed by atoms with van der Waals surface area (Å²) in [6, 6.07) is 21.6. The van der Waals surface area contributed by atoms with Gasteiger partial charge in [0.2, 0.25) is 5.91 Å². The number of aromatic nitrogens is 3. The average molecular weight is 511 g/mol. The van der Waals surface area contributed by atoms with Gasteiger partial charge in [0.25, 0.3) is 0 Å². The van der Waals surface area contributed by atoms with E-state index in [1.807, 2.05) is 73.9 Å². The van der Waals surface area contributed by atoms with E-state index in [1.54, 1.807) is 6.20 Å². The molecule has 8 heteroatoms. The van der Waals surface area contributed by atoms with Crippen LogP contribution in [0.5, 0.6) is 0 Å². The number of para-hydroxylation sites is 1. The van der Waals surface area contributed by atoms with E-state index >= 15 is 0 Å². The fourth-order valence-electron chi connectivity index (χ4n) is 4.80. The molecule has 1 amide bonds. The molecule has 4 aromatic rings. The Kier molecular flexibility index (Phi) is 7.28. The highest BCUT2D eigenvalue weighted by Crippen LogP contribution is 2.39. The molecule has 2 N–H and O–H groups in total. The Labute approximate surface area is 222 Å². The molecule has 1 aliphatic rings. The molecule has 4 heterocycles. The number of anilines is 1. The van der Waals surface area contributed by atoms with E-state index in [4.69, 9.17) is 12.2 Å². The first kappa shape index (κ1) is 24.6. The summed E-state index contributed by atoms with van der Waals surface area (Å²) in [5.74, 6) is 0.788. The molecule has 1 aromatic carbocycles. The fourth-order valence-corrected chi connectivity index (χ4v) is 5.13. The summed E-state index contributed by atoms with van der Waals surface area (Å²) in [6.45, 7) is 4.57. The zero-order valence-electron chi connectivity index (χ0n) is 21.0. The second kappa shape index (κ2) is 10.9. The number of aryl methyl sites for hydroxylation is 2. The third kappa shape index (κ3) is 5.24. The van der Waals surface area contributed by atoms with Gasteiger partial charge in [-0.15, -0.1) is 0 Å². The summed E-state index contributed by atoms with van der Waals surface area (Å²) >= 11 is 5.80. The van der Waals surface area contributed by atoms with Crippen LogP contribution >= 0.6 is 12.2 Å². The summed E-state index contributed by atoms with van der Waals surface area (Å²) in [7, 11) is 0. The number of rotatable bonds is 8. The highest BCUT2D eigenvalue weighted by Gasteiger charge is 2.41. The zero-order chi connectivity index (χ0) is 25.8. The minimum Gasteiger partial charge on any atom is -0.352 e. The molecule has 1 saturated heterocycles. The number of nitrogens with one attached hydrogen (secondary N) is 2. The number of carbonyl (C=O) groups is 1.